The van der Waals surface area contributed by atoms with Gasteiger partial charge in [-0.1, -0.05) is 76.2 Å². The number of nitrogens with one attached hydrogen (secondary N) is 5. The predicted molar refractivity (Wildman–Crippen MR) is 282 cm³/mol. The molecule has 0 bridgehead atoms. The Bertz CT molecular complexity index is 2360. The molecular formula is C57H84N8O9. The zero-order chi connectivity index (χ0) is 54.1. The van der Waals surface area contributed by atoms with E-state index in [1.165, 1.54) is 22.4 Å². The highest BCUT2D eigenvalue weighted by molar-refractivity contribution is 5.95. The molecule has 10 atom stereocenters. The summed E-state index contributed by atoms with van der Waals surface area (Å²) in [5.74, 6) is -2.86. The number of Topliss-reactive ketones (excluding diaryl/α,β-unsaturated/α-hetero) is 1. The quantitative estimate of drug-likeness (QED) is 0.0915. The van der Waals surface area contributed by atoms with Crippen molar-refractivity contribution in [1.29, 1.82) is 0 Å². The highest BCUT2D eigenvalue weighted by Gasteiger charge is 2.47. The van der Waals surface area contributed by atoms with Crippen LogP contribution >= 0.6 is 0 Å². The first-order valence-corrected chi connectivity index (χ1v) is 27.1. The second kappa shape index (κ2) is 25.1. The summed E-state index contributed by atoms with van der Waals surface area (Å²) in [5.41, 5.74) is 9.43. The van der Waals surface area contributed by atoms with Gasteiger partial charge >= 0.3 is 6.09 Å². The maximum absolute atomic E-state index is 14.7. The first-order chi connectivity index (χ1) is 34.9. The number of carbonyl (C=O) groups excluding carboxylic acids is 8. The van der Waals surface area contributed by atoms with Crippen LogP contribution in [0.25, 0.3) is 0 Å². The number of likely N-dealkylation sites (N-methyl/N-ethyl adjacent to an activating group) is 1. The Hall–Kier alpha value is -5.84. The molecule has 17 heteroatoms. The van der Waals surface area contributed by atoms with Crippen molar-refractivity contribution in [2.75, 3.05) is 20.1 Å². The number of benzene rings is 2. The SMILES string of the molecule is C[C@@H]1CC(C(=O)[C@@H](N)CCCNC(=O)CCCC(=O)N[C@H]2C[C@@H](C(=O)N[C@@H]3CCCc4ccccc43)N(C(=O)[C@@H](NC(=O)[C@H](C)N(C)C(=O)OC(C)(C)C)C(C)(C)C)C2)[C@H](C(=O)N[C@@H]2CCCc3ccccc32)C1. The number of ketones is 1. The molecule has 0 spiro atoms. The summed E-state index contributed by atoms with van der Waals surface area (Å²) >= 11 is 0. The van der Waals surface area contributed by atoms with Crippen molar-refractivity contribution in [3.8, 4) is 0 Å². The van der Waals surface area contributed by atoms with Gasteiger partial charge in [0.15, 0.2) is 5.78 Å². The largest absolute Gasteiger partial charge is 0.444 e. The molecule has 1 unspecified atom stereocenters. The minimum absolute atomic E-state index is 0.00790. The number of carbonyl (C=O) groups is 8. The van der Waals surface area contributed by atoms with Crippen LogP contribution in [0.5, 0.6) is 0 Å². The molecule has 406 valence electrons. The fourth-order valence-electron chi connectivity index (χ4n) is 11.2. The first kappa shape index (κ1) is 57.4. The number of likely N-dealkylation sites (tertiary alicyclic amines) is 1. The monoisotopic (exact) mass is 1020 g/mol. The normalized spacial score (nSPS) is 23.7. The summed E-state index contributed by atoms with van der Waals surface area (Å²) in [5, 5.41) is 15.2. The van der Waals surface area contributed by atoms with Crippen LogP contribution < -0.4 is 32.3 Å². The number of nitrogens with two attached hydrogens (primary N) is 1. The second-order valence-corrected chi connectivity index (χ2v) is 23.5. The Morgan fingerprint density at radius 2 is 1.32 bits per heavy atom. The van der Waals surface area contributed by atoms with Crippen molar-refractivity contribution in [1.82, 2.24) is 36.4 Å². The Morgan fingerprint density at radius 3 is 1.92 bits per heavy atom. The standard InChI is InChI=1S/C57H84N8O9/c1-34-30-41(42(31-34)52(70)61-44-25-14-20-36-18-10-12-22-39(36)44)49(68)43(58)24-17-29-59-47(66)27-16-28-48(67)60-38-32-46(53(71)62-45-26-15-21-37-19-11-13-23-40(37)45)65(33-38)54(72)50(56(3,4)5)63-51(69)35(2)64(9)55(73)74-57(6,7)8/h10-13,18-19,22-23,34-35,38,41-46,50H,14-17,20-21,24-33,58H2,1-9H3,(H,59,66)(H,60,67)(H,61,70)(H,62,71)(H,63,69)/t34-,35+,38+,41?,42-,43+,44-,45-,46+,50-/m1/s1. The van der Waals surface area contributed by atoms with Gasteiger partial charge in [0.25, 0.3) is 0 Å². The molecule has 2 aromatic rings. The molecule has 1 heterocycles. The molecule has 6 rings (SSSR count). The summed E-state index contributed by atoms with van der Waals surface area (Å²) in [6.07, 6.45) is 7.26. The summed E-state index contributed by atoms with van der Waals surface area (Å²) in [6, 6.07) is 11.4. The van der Waals surface area contributed by atoms with Gasteiger partial charge < -0.3 is 42.0 Å². The average Bonchev–Trinajstić information content (AvgIpc) is 3.96. The van der Waals surface area contributed by atoms with Gasteiger partial charge in [0.1, 0.15) is 23.7 Å². The smallest absolute Gasteiger partial charge is 0.410 e. The van der Waals surface area contributed by atoms with Crippen LogP contribution in [-0.4, -0.2) is 113 Å². The minimum atomic E-state index is -1.11. The molecular weight excluding hydrogens is 941 g/mol. The van der Waals surface area contributed by atoms with E-state index >= 15 is 0 Å². The predicted octanol–water partition coefficient (Wildman–Crippen LogP) is 5.87. The van der Waals surface area contributed by atoms with Crippen molar-refractivity contribution in [3.05, 3.63) is 70.8 Å². The minimum Gasteiger partial charge on any atom is -0.444 e. The van der Waals surface area contributed by atoms with Gasteiger partial charge in [-0.25, -0.2) is 4.79 Å². The van der Waals surface area contributed by atoms with E-state index in [0.29, 0.717) is 32.2 Å². The Kier molecular flexibility index (Phi) is 19.5. The van der Waals surface area contributed by atoms with Crippen LogP contribution in [0.4, 0.5) is 4.79 Å². The fourth-order valence-corrected chi connectivity index (χ4v) is 11.2. The molecule has 1 saturated carbocycles. The number of ether oxygens (including phenoxy) is 1. The number of amides is 7. The number of hydrogen-bond acceptors (Lipinski definition) is 10. The summed E-state index contributed by atoms with van der Waals surface area (Å²) in [7, 11) is 1.45. The zero-order valence-corrected chi connectivity index (χ0v) is 45.4. The lowest BCUT2D eigenvalue weighted by Gasteiger charge is -2.37. The Labute approximate surface area is 438 Å². The molecule has 7 amide bonds. The summed E-state index contributed by atoms with van der Waals surface area (Å²) < 4.78 is 5.46. The number of fused-ring (bicyclic) bond motifs is 2. The fraction of sp³-hybridized carbons (Fsp3) is 0.649. The molecule has 7 N–H and O–H groups in total. The van der Waals surface area contributed by atoms with Gasteiger partial charge in [0.2, 0.25) is 35.4 Å². The molecule has 17 nitrogen and oxygen atoms in total. The molecule has 0 radical (unpaired) electrons. The van der Waals surface area contributed by atoms with E-state index in [-0.39, 0.29) is 79.6 Å². The molecule has 0 aromatic heterocycles. The van der Waals surface area contributed by atoms with E-state index in [1.54, 1.807) is 48.5 Å². The van der Waals surface area contributed by atoms with Crippen LogP contribution in [-0.2, 0) is 51.1 Å². The topological polar surface area (TPSA) is 238 Å². The molecule has 1 aliphatic heterocycles. The van der Waals surface area contributed by atoms with Crippen LogP contribution in [0.15, 0.2) is 48.5 Å². The number of nitrogens with zero attached hydrogens (tertiary/aromatic N) is 2. The third kappa shape index (κ3) is 15.2. The second-order valence-electron chi connectivity index (χ2n) is 23.5. The van der Waals surface area contributed by atoms with Gasteiger partial charge in [0.05, 0.1) is 18.1 Å². The van der Waals surface area contributed by atoms with Crippen LogP contribution in [0.2, 0.25) is 0 Å². The van der Waals surface area contributed by atoms with Gasteiger partial charge in [-0.05, 0) is 138 Å². The lowest BCUT2D eigenvalue weighted by Crippen LogP contribution is -2.60. The summed E-state index contributed by atoms with van der Waals surface area (Å²) in [4.78, 5) is 112. The first-order valence-electron chi connectivity index (χ1n) is 27.1. The van der Waals surface area contributed by atoms with E-state index in [2.05, 4.69) is 51.7 Å². The van der Waals surface area contributed by atoms with Crippen LogP contribution in [0.3, 0.4) is 0 Å². The van der Waals surface area contributed by atoms with Crippen molar-refractivity contribution >= 4 is 47.3 Å². The maximum Gasteiger partial charge on any atom is 0.410 e. The third-order valence-corrected chi connectivity index (χ3v) is 15.4. The van der Waals surface area contributed by atoms with E-state index in [1.807, 2.05) is 30.3 Å². The summed E-state index contributed by atoms with van der Waals surface area (Å²) in [6.45, 7) is 14.5. The molecule has 1 saturated heterocycles. The van der Waals surface area contributed by atoms with Crippen molar-refractivity contribution in [2.45, 2.75) is 193 Å². The van der Waals surface area contributed by atoms with E-state index in [0.717, 1.165) is 55.2 Å². The molecule has 2 fully saturated rings. The highest BCUT2D eigenvalue weighted by Crippen LogP contribution is 2.39. The Balaban J connectivity index is 0.992. The van der Waals surface area contributed by atoms with E-state index in [9.17, 15) is 38.4 Å². The lowest BCUT2D eigenvalue weighted by molar-refractivity contribution is -0.144. The van der Waals surface area contributed by atoms with Crippen LogP contribution in [0.1, 0.15) is 167 Å². The maximum atomic E-state index is 14.7. The molecule has 4 aliphatic rings. The van der Waals surface area contributed by atoms with Gasteiger partial charge in [-0.15, -0.1) is 0 Å². The highest BCUT2D eigenvalue weighted by atomic mass is 16.6. The van der Waals surface area contributed by atoms with Crippen molar-refractivity contribution in [3.63, 3.8) is 0 Å². The van der Waals surface area contributed by atoms with Crippen molar-refractivity contribution < 1.29 is 43.1 Å². The number of hydrogen-bond donors (Lipinski definition) is 6. The van der Waals surface area contributed by atoms with Gasteiger partial charge in [-0.2, -0.15) is 0 Å². The van der Waals surface area contributed by atoms with Gasteiger partial charge in [0, 0.05) is 50.9 Å². The van der Waals surface area contributed by atoms with Gasteiger partial charge in [-0.3, -0.25) is 38.5 Å². The third-order valence-electron chi connectivity index (χ3n) is 15.4. The zero-order valence-electron chi connectivity index (χ0n) is 45.4. The number of rotatable bonds is 19. The Morgan fingerprint density at radius 1 is 0.757 bits per heavy atom. The number of aryl methyl sites for hydroxylation is 2. The van der Waals surface area contributed by atoms with E-state index < -0.39 is 71.0 Å². The molecule has 3 aliphatic carbocycles. The average molecular weight is 1030 g/mol. The van der Waals surface area contributed by atoms with Crippen molar-refractivity contribution in [2.24, 2.45) is 28.9 Å². The lowest BCUT2D eigenvalue weighted by atomic mass is 9.85. The van der Waals surface area contributed by atoms with E-state index in [4.69, 9.17) is 10.5 Å². The molecule has 2 aromatic carbocycles. The van der Waals surface area contributed by atoms with Crippen LogP contribution in [0, 0.1) is 23.2 Å². The molecule has 74 heavy (non-hydrogen) atoms.